The summed E-state index contributed by atoms with van der Waals surface area (Å²) in [5.41, 5.74) is 2.90. The Hall–Kier alpha value is -2.76. The van der Waals surface area contributed by atoms with Gasteiger partial charge in [0.1, 0.15) is 11.1 Å². The van der Waals surface area contributed by atoms with Crippen LogP contribution in [0.25, 0.3) is 0 Å². The molecular formula is C19H23ClN10S. The van der Waals surface area contributed by atoms with Gasteiger partial charge in [-0.05, 0) is 41.3 Å². The molecule has 0 bridgehead atoms. The van der Waals surface area contributed by atoms with Gasteiger partial charge in [-0.15, -0.1) is 16.9 Å². The van der Waals surface area contributed by atoms with E-state index in [0.717, 1.165) is 21.8 Å². The summed E-state index contributed by atoms with van der Waals surface area (Å²) in [6.07, 6.45) is 9.13. The SMILES string of the molecule is CSc1cc(C(N[C@@H](C)c2ccncc2Cl)c2nnnn2Cc2cnn(C)c2)n(C)n1. The van der Waals surface area contributed by atoms with Crippen LogP contribution in [0.4, 0.5) is 0 Å². The van der Waals surface area contributed by atoms with Gasteiger partial charge in [-0.3, -0.25) is 19.7 Å². The van der Waals surface area contributed by atoms with Crippen LogP contribution < -0.4 is 5.32 Å². The highest BCUT2D eigenvalue weighted by Crippen LogP contribution is 2.29. The highest BCUT2D eigenvalue weighted by Gasteiger charge is 2.27. The second kappa shape index (κ2) is 9.16. The smallest absolute Gasteiger partial charge is 0.174 e. The van der Waals surface area contributed by atoms with E-state index in [1.54, 1.807) is 33.5 Å². The maximum Gasteiger partial charge on any atom is 0.174 e. The number of hydrogen-bond donors (Lipinski definition) is 1. The summed E-state index contributed by atoms with van der Waals surface area (Å²) >= 11 is 7.98. The Bertz CT molecular complexity index is 1170. The molecule has 1 unspecified atom stereocenters. The molecule has 0 spiro atoms. The largest absolute Gasteiger partial charge is 0.296 e. The van der Waals surface area contributed by atoms with Crippen LogP contribution in [0.15, 0.2) is 41.9 Å². The molecule has 1 N–H and O–H groups in total. The molecule has 4 rings (SSSR count). The number of tetrazole rings is 1. The normalized spacial score (nSPS) is 13.5. The molecular weight excluding hydrogens is 436 g/mol. The lowest BCUT2D eigenvalue weighted by molar-refractivity contribution is 0.453. The molecule has 12 heteroatoms. The van der Waals surface area contributed by atoms with Crippen molar-refractivity contribution >= 4 is 23.4 Å². The number of rotatable bonds is 8. The quantitative estimate of drug-likeness (QED) is 0.401. The summed E-state index contributed by atoms with van der Waals surface area (Å²) in [6, 6.07) is 3.56. The lowest BCUT2D eigenvalue weighted by atomic mass is 10.1. The van der Waals surface area contributed by atoms with Crippen molar-refractivity contribution in [3.05, 3.63) is 64.6 Å². The van der Waals surface area contributed by atoms with Crippen molar-refractivity contribution in [3.8, 4) is 0 Å². The van der Waals surface area contributed by atoms with Crippen molar-refractivity contribution in [1.82, 2.24) is 50.1 Å². The Labute approximate surface area is 189 Å². The molecule has 2 atom stereocenters. The predicted octanol–water partition coefficient (Wildman–Crippen LogP) is 2.40. The highest BCUT2D eigenvalue weighted by atomic mass is 35.5. The number of aromatic nitrogens is 9. The zero-order chi connectivity index (χ0) is 22.0. The fourth-order valence-corrected chi connectivity index (χ4v) is 4.18. The average Bonchev–Trinajstić information content (AvgIpc) is 3.47. The molecule has 31 heavy (non-hydrogen) atoms. The van der Waals surface area contributed by atoms with Crippen LogP contribution >= 0.6 is 23.4 Å². The van der Waals surface area contributed by atoms with Gasteiger partial charge >= 0.3 is 0 Å². The van der Waals surface area contributed by atoms with E-state index in [-0.39, 0.29) is 12.1 Å². The second-order valence-corrected chi connectivity index (χ2v) is 8.40. The number of aryl methyl sites for hydroxylation is 2. The summed E-state index contributed by atoms with van der Waals surface area (Å²) < 4.78 is 5.39. The molecule has 0 aromatic carbocycles. The molecule has 10 nitrogen and oxygen atoms in total. The molecule has 0 radical (unpaired) electrons. The molecule has 4 aromatic rings. The lowest BCUT2D eigenvalue weighted by Gasteiger charge is -2.23. The summed E-state index contributed by atoms with van der Waals surface area (Å²) in [4.78, 5) is 4.09. The minimum atomic E-state index is -0.315. The van der Waals surface area contributed by atoms with Crippen molar-refractivity contribution in [3.63, 3.8) is 0 Å². The van der Waals surface area contributed by atoms with E-state index in [2.05, 4.69) is 42.9 Å². The number of pyridine rings is 1. The Kier molecular flexibility index (Phi) is 6.35. The lowest BCUT2D eigenvalue weighted by Crippen LogP contribution is -2.30. The monoisotopic (exact) mass is 458 g/mol. The minimum absolute atomic E-state index is 0.0864. The van der Waals surface area contributed by atoms with E-state index in [1.165, 1.54) is 0 Å². The molecule has 0 aliphatic carbocycles. The average molecular weight is 459 g/mol. The van der Waals surface area contributed by atoms with Crippen LogP contribution in [-0.4, -0.2) is 51.0 Å². The summed E-state index contributed by atoms with van der Waals surface area (Å²) in [7, 11) is 3.80. The van der Waals surface area contributed by atoms with Crippen molar-refractivity contribution in [1.29, 1.82) is 0 Å². The fraction of sp³-hybridized carbons (Fsp3) is 0.368. The zero-order valence-electron chi connectivity index (χ0n) is 17.6. The van der Waals surface area contributed by atoms with Crippen LogP contribution in [0.2, 0.25) is 5.02 Å². The number of thioether (sulfide) groups is 1. The first kappa shape index (κ1) is 21.5. The predicted molar refractivity (Wildman–Crippen MR) is 118 cm³/mol. The maximum atomic E-state index is 6.39. The van der Waals surface area contributed by atoms with Crippen LogP contribution in [0, 0.1) is 0 Å². The Morgan fingerprint density at radius 2 is 2.10 bits per heavy atom. The molecule has 0 saturated heterocycles. The van der Waals surface area contributed by atoms with Gasteiger partial charge in [0.2, 0.25) is 0 Å². The van der Waals surface area contributed by atoms with Crippen molar-refractivity contribution in [2.45, 2.75) is 30.6 Å². The van der Waals surface area contributed by atoms with Crippen LogP contribution in [0.1, 0.15) is 41.7 Å². The van der Waals surface area contributed by atoms with Gasteiger partial charge < -0.3 is 0 Å². The van der Waals surface area contributed by atoms with Gasteiger partial charge in [-0.1, -0.05) is 11.6 Å². The number of nitrogens with one attached hydrogen (secondary N) is 1. The van der Waals surface area contributed by atoms with E-state index in [9.17, 15) is 0 Å². The third-order valence-electron chi connectivity index (χ3n) is 4.99. The molecule has 0 aliphatic rings. The summed E-state index contributed by atoms with van der Waals surface area (Å²) in [5.74, 6) is 0.677. The first-order valence-electron chi connectivity index (χ1n) is 9.63. The topological polar surface area (TPSA) is 104 Å². The molecule has 4 aromatic heterocycles. The van der Waals surface area contributed by atoms with Gasteiger partial charge in [0.15, 0.2) is 5.82 Å². The van der Waals surface area contributed by atoms with Gasteiger partial charge in [-0.25, -0.2) is 4.68 Å². The zero-order valence-corrected chi connectivity index (χ0v) is 19.2. The summed E-state index contributed by atoms with van der Waals surface area (Å²) in [5, 5.41) is 26.5. The first-order chi connectivity index (χ1) is 15.0. The van der Waals surface area contributed by atoms with Gasteiger partial charge in [-0.2, -0.15) is 10.2 Å². The van der Waals surface area contributed by atoms with Crippen molar-refractivity contribution in [2.75, 3.05) is 6.26 Å². The summed E-state index contributed by atoms with van der Waals surface area (Å²) in [6.45, 7) is 2.56. The van der Waals surface area contributed by atoms with Crippen molar-refractivity contribution < 1.29 is 0 Å². The highest BCUT2D eigenvalue weighted by molar-refractivity contribution is 7.98. The van der Waals surface area contributed by atoms with Crippen LogP contribution in [0.3, 0.4) is 0 Å². The van der Waals surface area contributed by atoms with Crippen molar-refractivity contribution in [2.24, 2.45) is 14.1 Å². The maximum absolute atomic E-state index is 6.39. The van der Waals surface area contributed by atoms with E-state index < -0.39 is 0 Å². The minimum Gasteiger partial charge on any atom is -0.296 e. The third kappa shape index (κ3) is 4.63. The molecule has 4 heterocycles. The second-order valence-electron chi connectivity index (χ2n) is 7.17. The Morgan fingerprint density at radius 1 is 1.26 bits per heavy atom. The van der Waals surface area contributed by atoms with Crippen LogP contribution in [-0.2, 0) is 20.6 Å². The molecule has 0 aliphatic heterocycles. The first-order valence-corrected chi connectivity index (χ1v) is 11.2. The van der Waals surface area contributed by atoms with E-state index >= 15 is 0 Å². The van der Waals surface area contributed by atoms with Gasteiger partial charge in [0.25, 0.3) is 0 Å². The molecule has 162 valence electrons. The van der Waals surface area contributed by atoms with Gasteiger partial charge in [0, 0.05) is 44.3 Å². The molecule has 0 fully saturated rings. The standard InChI is InChI=1S/C19H23ClN10S/c1-12(14-5-6-21-9-15(14)20)23-18(16-7-17(31-4)25-29(16)3)19-24-26-27-30(19)11-13-8-22-28(2)10-13/h5-10,12,18,23H,11H2,1-4H3/t12-,18?/m0/s1. The van der Waals surface area contributed by atoms with Crippen LogP contribution in [0.5, 0.6) is 0 Å². The Balaban J connectivity index is 1.72. The van der Waals surface area contributed by atoms with E-state index in [1.807, 2.05) is 49.6 Å². The number of halogens is 1. The Morgan fingerprint density at radius 3 is 2.77 bits per heavy atom. The fourth-order valence-electron chi connectivity index (χ4n) is 3.45. The third-order valence-corrected chi connectivity index (χ3v) is 5.93. The van der Waals surface area contributed by atoms with E-state index in [4.69, 9.17) is 11.6 Å². The van der Waals surface area contributed by atoms with Gasteiger partial charge in [0.05, 0.1) is 23.5 Å². The van der Waals surface area contributed by atoms with E-state index in [0.29, 0.717) is 17.4 Å². The number of nitrogens with zero attached hydrogens (tertiary/aromatic N) is 9. The number of hydrogen-bond acceptors (Lipinski definition) is 8. The molecule has 0 saturated carbocycles. The molecule has 0 amide bonds.